The van der Waals surface area contributed by atoms with Crippen molar-refractivity contribution in [3.63, 3.8) is 0 Å². The van der Waals surface area contributed by atoms with Crippen molar-refractivity contribution >= 4 is 32.5 Å². The number of rotatable bonds is 3. The van der Waals surface area contributed by atoms with Gasteiger partial charge in [-0.15, -0.1) is 0 Å². The third-order valence-corrected chi connectivity index (χ3v) is 3.52. The van der Waals surface area contributed by atoms with E-state index >= 15 is 0 Å². The molecule has 0 amide bonds. The van der Waals surface area contributed by atoms with E-state index in [2.05, 4.69) is 39.1 Å². The maximum atomic E-state index is 5.79. The molecule has 3 aromatic rings. The number of nitrogen functional groups attached to an aromatic ring is 1. The summed E-state index contributed by atoms with van der Waals surface area (Å²) < 4.78 is 6.87. The summed E-state index contributed by atoms with van der Waals surface area (Å²) in [6.07, 6.45) is 1.69. The number of fused-ring (bicyclic) bond motifs is 1. The number of nitrogens with two attached hydrogens (primary N) is 1. The van der Waals surface area contributed by atoms with Crippen LogP contribution in [-0.2, 0) is 6.61 Å². The number of hydrogen-bond acceptors (Lipinski definition) is 3. The number of nitrogens with zero attached hydrogens (tertiary/aromatic N) is 1. The molecule has 0 aliphatic carbocycles. The molecule has 0 fully saturated rings. The van der Waals surface area contributed by atoms with E-state index in [9.17, 15) is 0 Å². The summed E-state index contributed by atoms with van der Waals surface area (Å²) in [4.78, 5) is 3.96. The Labute approximate surface area is 125 Å². The second-order valence-corrected chi connectivity index (χ2v) is 5.45. The lowest BCUT2D eigenvalue weighted by Crippen LogP contribution is -1.97. The van der Waals surface area contributed by atoms with Crippen LogP contribution in [0, 0.1) is 0 Å². The van der Waals surface area contributed by atoms with Crippen molar-refractivity contribution in [3.05, 3.63) is 64.8 Å². The van der Waals surface area contributed by atoms with Crippen LogP contribution < -0.4 is 10.5 Å². The number of benzene rings is 2. The van der Waals surface area contributed by atoms with Gasteiger partial charge in [0.25, 0.3) is 0 Å². The highest BCUT2D eigenvalue weighted by Crippen LogP contribution is 2.24. The normalized spacial score (nSPS) is 10.7. The monoisotopic (exact) mass is 328 g/mol. The zero-order valence-corrected chi connectivity index (χ0v) is 12.3. The van der Waals surface area contributed by atoms with Gasteiger partial charge in [0.05, 0.1) is 0 Å². The molecular formula is C16H13BrN2O. The van der Waals surface area contributed by atoms with Gasteiger partial charge in [-0.2, -0.15) is 0 Å². The maximum absolute atomic E-state index is 5.79. The van der Waals surface area contributed by atoms with Gasteiger partial charge in [0.2, 0.25) is 0 Å². The summed E-state index contributed by atoms with van der Waals surface area (Å²) in [5.41, 5.74) is 6.65. The summed E-state index contributed by atoms with van der Waals surface area (Å²) in [6.45, 7) is 0.481. The Balaban J connectivity index is 1.79. The Hall–Kier alpha value is -2.07. The molecule has 4 heteroatoms. The van der Waals surface area contributed by atoms with E-state index < -0.39 is 0 Å². The molecule has 1 heterocycles. The van der Waals surface area contributed by atoms with Crippen LogP contribution in [0.2, 0.25) is 0 Å². The first-order valence-corrected chi connectivity index (χ1v) is 7.02. The molecule has 0 aliphatic heterocycles. The molecule has 0 bridgehead atoms. The van der Waals surface area contributed by atoms with Crippen molar-refractivity contribution < 1.29 is 4.74 Å². The maximum Gasteiger partial charge on any atom is 0.123 e. The molecule has 3 nitrogen and oxygen atoms in total. The highest BCUT2D eigenvalue weighted by Gasteiger charge is 2.00. The minimum atomic E-state index is 0.481. The molecular weight excluding hydrogens is 316 g/mol. The van der Waals surface area contributed by atoms with E-state index in [0.29, 0.717) is 12.4 Å². The van der Waals surface area contributed by atoms with Crippen molar-refractivity contribution in [1.82, 2.24) is 4.98 Å². The molecule has 3 rings (SSSR count). The molecule has 2 N–H and O–H groups in total. The smallest absolute Gasteiger partial charge is 0.123 e. The lowest BCUT2D eigenvalue weighted by atomic mass is 10.1. The van der Waals surface area contributed by atoms with Crippen molar-refractivity contribution in [2.45, 2.75) is 6.61 Å². The number of hydrogen-bond donors (Lipinski definition) is 1. The molecule has 0 unspecified atom stereocenters. The lowest BCUT2D eigenvalue weighted by Gasteiger charge is -2.08. The Morgan fingerprint density at radius 3 is 2.65 bits per heavy atom. The standard InChI is InChI=1S/C16H13BrN2O/c17-14-3-1-13-9-15(4-2-12(13)8-14)20-10-11-5-6-19-16(18)7-11/h1-9H,10H2,(H2,18,19). The number of anilines is 1. The minimum Gasteiger partial charge on any atom is -0.489 e. The first-order chi connectivity index (χ1) is 9.70. The van der Waals surface area contributed by atoms with Crippen molar-refractivity contribution in [2.24, 2.45) is 0 Å². The average molecular weight is 329 g/mol. The fourth-order valence-corrected chi connectivity index (χ4v) is 2.41. The molecule has 0 saturated carbocycles. The molecule has 1 aromatic heterocycles. The lowest BCUT2D eigenvalue weighted by molar-refractivity contribution is 0.306. The first-order valence-electron chi connectivity index (χ1n) is 6.23. The molecule has 2 aromatic carbocycles. The fraction of sp³-hybridized carbons (Fsp3) is 0.0625. The number of aromatic nitrogens is 1. The van der Waals surface area contributed by atoms with E-state index in [1.807, 2.05) is 30.3 Å². The number of halogens is 1. The van der Waals surface area contributed by atoms with Gasteiger partial charge < -0.3 is 10.5 Å². The Bertz CT molecular complexity index is 758. The van der Waals surface area contributed by atoms with Crippen molar-refractivity contribution in [2.75, 3.05) is 5.73 Å². The van der Waals surface area contributed by atoms with Gasteiger partial charge in [-0.1, -0.05) is 28.1 Å². The third-order valence-electron chi connectivity index (χ3n) is 3.02. The molecule has 0 atom stereocenters. The van der Waals surface area contributed by atoms with Gasteiger partial charge in [-0.3, -0.25) is 0 Å². The SMILES string of the molecule is Nc1cc(COc2ccc3cc(Br)ccc3c2)ccn1. The zero-order chi connectivity index (χ0) is 13.9. The van der Waals surface area contributed by atoms with Crippen LogP contribution in [0.5, 0.6) is 5.75 Å². The van der Waals surface area contributed by atoms with Crippen LogP contribution in [-0.4, -0.2) is 4.98 Å². The van der Waals surface area contributed by atoms with E-state index in [1.54, 1.807) is 6.20 Å². The summed E-state index contributed by atoms with van der Waals surface area (Å²) >= 11 is 3.47. The predicted molar refractivity (Wildman–Crippen MR) is 84.6 cm³/mol. The molecule has 0 aliphatic rings. The second-order valence-electron chi connectivity index (χ2n) is 4.53. The second kappa shape index (κ2) is 5.51. The van der Waals surface area contributed by atoms with E-state index in [0.717, 1.165) is 21.2 Å². The minimum absolute atomic E-state index is 0.481. The highest BCUT2D eigenvalue weighted by atomic mass is 79.9. The van der Waals surface area contributed by atoms with Gasteiger partial charge in [0.15, 0.2) is 0 Å². The van der Waals surface area contributed by atoms with Gasteiger partial charge in [0.1, 0.15) is 18.2 Å². The molecule has 0 saturated heterocycles. The third kappa shape index (κ3) is 2.91. The number of pyridine rings is 1. The van der Waals surface area contributed by atoms with Crippen LogP contribution in [0.4, 0.5) is 5.82 Å². The summed E-state index contributed by atoms with van der Waals surface area (Å²) in [5.74, 6) is 1.35. The largest absolute Gasteiger partial charge is 0.489 e. The van der Waals surface area contributed by atoms with Gasteiger partial charge >= 0.3 is 0 Å². The van der Waals surface area contributed by atoms with Gasteiger partial charge in [-0.05, 0) is 52.7 Å². The molecule has 20 heavy (non-hydrogen) atoms. The Kier molecular flexibility index (Phi) is 3.56. The summed E-state index contributed by atoms with van der Waals surface area (Å²) in [6, 6.07) is 15.9. The van der Waals surface area contributed by atoms with E-state index in [-0.39, 0.29) is 0 Å². The van der Waals surface area contributed by atoms with Crippen molar-refractivity contribution in [1.29, 1.82) is 0 Å². The van der Waals surface area contributed by atoms with Crippen molar-refractivity contribution in [3.8, 4) is 5.75 Å². The average Bonchev–Trinajstić information content (AvgIpc) is 2.45. The van der Waals surface area contributed by atoms with Crippen LogP contribution in [0.15, 0.2) is 59.2 Å². The summed E-state index contributed by atoms with van der Waals surface area (Å²) in [7, 11) is 0. The quantitative estimate of drug-likeness (QED) is 0.785. The van der Waals surface area contributed by atoms with Crippen LogP contribution in [0.3, 0.4) is 0 Å². The Morgan fingerprint density at radius 1 is 1.00 bits per heavy atom. The van der Waals surface area contributed by atoms with E-state index in [4.69, 9.17) is 10.5 Å². The Morgan fingerprint density at radius 2 is 1.80 bits per heavy atom. The van der Waals surface area contributed by atoms with Crippen LogP contribution >= 0.6 is 15.9 Å². The topological polar surface area (TPSA) is 48.1 Å². The van der Waals surface area contributed by atoms with Crippen LogP contribution in [0.1, 0.15) is 5.56 Å². The summed E-state index contributed by atoms with van der Waals surface area (Å²) in [5, 5.41) is 2.33. The predicted octanol–water partition coefficient (Wildman–Crippen LogP) is 4.16. The fourth-order valence-electron chi connectivity index (χ4n) is 2.04. The highest BCUT2D eigenvalue weighted by molar-refractivity contribution is 9.10. The van der Waals surface area contributed by atoms with Gasteiger partial charge in [-0.25, -0.2) is 4.98 Å². The molecule has 100 valence electrons. The zero-order valence-electron chi connectivity index (χ0n) is 10.7. The number of ether oxygens (including phenoxy) is 1. The molecule has 0 radical (unpaired) electrons. The van der Waals surface area contributed by atoms with Gasteiger partial charge in [0, 0.05) is 10.7 Å². The molecule has 0 spiro atoms. The van der Waals surface area contributed by atoms with E-state index in [1.165, 1.54) is 5.39 Å². The van der Waals surface area contributed by atoms with Crippen LogP contribution in [0.25, 0.3) is 10.8 Å². The first kappa shape index (κ1) is 12.9.